The van der Waals surface area contributed by atoms with Gasteiger partial charge < -0.3 is 16.0 Å². The Bertz CT molecular complexity index is 361. The molecule has 1 aromatic rings. The fraction of sp³-hybridized carbons (Fsp3) is 0.600. The van der Waals surface area contributed by atoms with Crippen LogP contribution in [0.1, 0.15) is 25.6 Å². The minimum Gasteiger partial charge on any atom is -0.366 e. The Morgan fingerprint density at radius 3 is 2.93 bits per heavy atom. The zero-order chi connectivity index (χ0) is 11.3. The third-order valence-corrected chi connectivity index (χ3v) is 2.13. The van der Waals surface area contributed by atoms with E-state index < -0.39 is 0 Å². The Morgan fingerprint density at radius 1 is 1.67 bits per heavy atom. The van der Waals surface area contributed by atoms with Crippen LogP contribution < -0.4 is 16.6 Å². The van der Waals surface area contributed by atoms with Crippen LogP contribution in [0.15, 0.2) is 10.9 Å². The Kier molecular flexibility index (Phi) is 4.30. The Morgan fingerprint density at radius 2 is 2.40 bits per heavy atom. The van der Waals surface area contributed by atoms with Crippen molar-refractivity contribution < 1.29 is 0 Å². The van der Waals surface area contributed by atoms with Crippen LogP contribution in [0, 0.1) is 6.92 Å². The van der Waals surface area contributed by atoms with Crippen molar-refractivity contribution in [2.75, 3.05) is 11.9 Å². The van der Waals surface area contributed by atoms with Crippen molar-refractivity contribution in [3.8, 4) is 0 Å². The first-order valence-corrected chi connectivity index (χ1v) is 5.20. The summed E-state index contributed by atoms with van der Waals surface area (Å²) in [5, 5.41) is 3.16. The molecule has 1 rings (SSSR count). The van der Waals surface area contributed by atoms with Gasteiger partial charge in [0.05, 0.1) is 0 Å². The number of anilines is 1. The second kappa shape index (κ2) is 5.50. The fourth-order valence-corrected chi connectivity index (χ4v) is 1.46. The van der Waals surface area contributed by atoms with Gasteiger partial charge in [0.1, 0.15) is 11.6 Å². The van der Waals surface area contributed by atoms with Crippen molar-refractivity contribution in [3.05, 3.63) is 22.2 Å². The van der Waals surface area contributed by atoms with E-state index in [9.17, 15) is 4.79 Å². The summed E-state index contributed by atoms with van der Waals surface area (Å²) in [5.41, 5.74) is 5.47. The summed E-state index contributed by atoms with van der Waals surface area (Å²) < 4.78 is 0. The van der Waals surface area contributed by atoms with Crippen molar-refractivity contribution in [1.82, 2.24) is 9.97 Å². The predicted octanol–water partition coefficient (Wildman–Crippen LogP) is 0.618. The smallest absolute Gasteiger partial charge is 0.252 e. The number of hydrogen-bond donors (Lipinski definition) is 3. The third kappa shape index (κ3) is 3.71. The first-order valence-electron chi connectivity index (χ1n) is 5.20. The van der Waals surface area contributed by atoms with E-state index in [0.29, 0.717) is 18.2 Å². The van der Waals surface area contributed by atoms with Crippen molar-refractivity contribution >= 4 is 5.82 Å². The molecule has 0 spiro atoms. The van der Waals surface area contributed by atoms with Crippen LogP contribution in [-0.2, 0) is 0 Å². The molecule has 0 saturated heterocycles. The molecule has 4 N–H and O–H groups in total. The zero-order valence-corrected chi connectivity index (χ0v) is 9.21. The van der Waals surface area contributed by atoms with Crippen LogP contribution in [-0.4, -0.2) is 22.6 Å². The number of aromatic amines is 1. The number of nitrogens with two attached hydrogens (primary N) is 1. The minimum absolute atomic E-state index is 0.141. The minimum atomic E-state index is -0.141. The molecule has 0 aliphatic rings. The largest absolute Gasteiger partial charge is 0.366 e. The van der Waals surface area contributed by atoms with Crippen LogP contribution in [0.5, 0.6) is 0 Å². The van der Waals surface area contributed by atoms with Crippen LogP contribution in [0.2, 0.25) is 0 Å². The van der Waals surface area contributed by atoms with E-state index in [0.717, 1.165) is 12.8 Å². The number of aryl methyl sites for hydroxylation is 1. The van der Waals surface area contributed by atoms with E-state index in [1.165, 1.54) is 6.07 Å². The molecule has 15 heavy (non-hydrogen) atoms. The molecule has 5 heteroatoms. The molecular weight excluding hydrogens is 192 g/mol. The van der Waals surface area contributed by atoms with Gasteiger partial charge in [-0.05, 0) is 13.3 Å². The van der Waals surface area contributed by atoms with Crippen LogP contribution in [0.25, 0.3) is 0 Å². The standard InChI is InChI=1S/C10H18N4O/c1-3-4-8(6-11)14-9-5-10(15)13-7(2)12-9/h5,8H,3-4,6,11H2,1-2H3,(H2,12,13,14,15). The molecule has 1 unspecified atom stereocenters. The number of nitrogens with zero attached hydrogens (tertiary/aromatic N) is 1. The first-order chi connectivity index (χ1) is 7.15. The van der Waals surface area contributed by atoms with Gasteiger partial charge >= 0.3 is 0 Å². The van der Waals surface area contributed by atoms with Gasteiger partial charge in [-0.2, -0.15) is 0 Å². The highest BCUT2D eigenvalue weighted by Gasteiger charge is 2.06. The van der Waals surface area contributed by atoms with Crippen molar-refractivity contribution in [2.24, 2.45) is 5.73 Å². The topological polar surface area (TPSA) is 83.8 Å². The van der Waals surface area contributed by atoms with Crippen LogP contribution in [0.4, 0.5) is 5.82 Å². The maximum atomic E-state index is 11.2. The summed E-state index contributed by atoms with van der Waals surface area (Å²) in [6.45, 7) is 4.39. The lowest BCUT2D eigenvalue weighted by molar-refractivity contribution is 0.645. The Hall–Kier alpha value is -1.36. The summed E-state index contributed by atoms with van der Waals surface area (Å²) in [6, 6.07) is 1.63. The average molecular weight is 210 g/mol. The molecule has 84 valence electrons. The predicted molar refractivity (Wildman–Crippen MR) is 61.0 cm³/mol. The summed E-state index contributed by atoms with van der Waals surface area (Å²) in [7, 11) is 0. The van der Waals surface area contributed by atoms with Gasteiger partial charge in [-0.25, -0.2) is 4.98 Å². The molecule has 0 bridgehead atoms. The SMILES string of the molecule is CCCC(CN)Nc1cc(=O)[nH]c(C)n1. The molecule has 0 aliphatic carbocycles. The average Bonchev–Trinajstić information content (AvgIpc) is 2.15. The number of hydrogen-bond acceptors (Lipinski definition) is 4. The van der Waals surface area contributed by atoms with E-state index in [-0.39, 0.29) is 11.6 Å². The van der Waals surface area contributed by atoms with Crippen molar-refractivity contribution in [2.45, 2.75) is 32.7 Å². The van der Waals surface area contributed by atoms with Gasteiger partial charge in [-0.1, -0.05) is 13.3 Å². The van der Waals surface area contributed by atoms with E-state index >= 15 is 0 Å². The molecule has 0 aliphatic heterocycles. The van der Waals surface area contributed by atoms with E-state index in [1.54, 1.807) is 6.92 Å². The highest BCUT2D eigenvalue weighted by molar-refractivity contribution is 5.34. The van der Waals surface area contributed by atoms with Gasteiger partial charge in [0.15, 0.2) is 0 Å². The summed E-state index contributed by atoms with van der Waals surface area (Å²) >= 11 is 0. The lowest BCUT2D eigenvalue weighted by atomic mass is 10.2. The lowest BCUT2D eigenvalue weighted by Crippen LogP contribution is -2.29. The zero-order valence-electron chi connectivity index (χ0n) is 9.21. The Balaban J connectivity index is 2.74. The maximum absolute atomic E-state index is 11.2. The normalized spacial score (nSPS) is 12.5. The highest BCUT2D eigenvalue weighted by atomic mass is 16.1. The molecule has 1 atom stereocenters. The van der Waals surface area contributed by atoms with Gasteiger partial charge in [0.2, 0.25) is 0 Å². The molecule has 0 radical (unpaired) electrons. The molecule has 0 fully saturated rings. The van der Waals surface area contributed by atoms with Gasteiger partial charge in [-0.3, -0.25) is 4.79 Å². The number of nitrogens with one attached hydrogen (secondary N) is 2. The van der Waals surface area contributed by atoms with Gasteiger partial charge in [-0.15, -0.1) is 0 Å². The number of rotatable bonds is 5. The van der Waals surface area contributed by atoms with E-state index in [1.807, 2.05) is 0 Å². The highest BCUT2D eigenvalue weighted by Crippen LogP contribution is 2.04. The van der Waals surface area contributed by atoms with Crippen molar-refractivity contribution in [3.63, 3.8) is 0 Å². The monoisotopic (exact) mass is 210 g/mol. The summed E-state index contributed by atoms with van der Waals surface area (Å²) in [6.07, 6.45) is 2.03. The van der Waals surface area contributed by atoms with Crippen LogP contribution in [0.3, 0.4) is 0 Å². The quantitative estimate of drug-likeness (QED) is 0.665. The maximum Gasteiger partial charge on any atom is 0.252 e. The molecule has 1 aromatic heterocycles. The lowest BCUT2D eigenvalue weighted by Gasteiger charge is -2.16. The summed E-state index contributed by atoms with van der Waals surface area (Å²) in [4.78, 5) is 17.9. The molecule has 5 nitrogen and oxygen atoms in total. The molecule has 0 aromatic carbocycles. The molecular formula is C10H18N4O. The van der Waals surface area contributed by atoms with Gasteiger partial charge in [0.25, 0.3) is 5.56 Å². The van der Waals surface area contributed by atoms with Crippen LogP contribution >= 0.6 is 0 Å². The van der Waals surface area contributed by atoms with Gasteiger partial charge in [0, 0.05) is 18.7 Å². The Labute approximate surface area is 89.1 Å². The summed E-state index contributed by atoms with van der Waals surface area (Å²) in [5.74, 6) is 1.21. The van der Waals surface area contributed by atoms with Crippen molar-refractivity contribution in [1.29, 1.82) is 0 Å². The first kappa shape index (κ1) is 11.7. The fourth-order valence-electron chi connectivity index (χ4n) is 1.46. The molecule has 0 amide bonds. The third-order valence-electron chi connectivity index (χ3n) is 2.13. The second-order valence-electron chi connectivity index (χ2n) is 3.58. The molecule has 1 heterocycles. The van der Waals surface area contributed by atoms with E-state index in [4.69, 9.17) is 5.73 Å². The van der Waals surface area contributed by atoms with E-state index in [2.05, 4.69) is 22.2 Å². The number of H-pyrrole nitrogens is 1. The number of aromatic nitrogens is 2. The second-order valence-corrected chi connectivity index (χ2v) is 3.58. The molecule has 0 saturated carbocycles.